The van der Waals surface area contributed by atoms with Crippen LogP contribution < -0.4 is 10.1 Å². The molecule has 0 amide bonds. The molecule has 0 aliphatic carbocycles. The van der Waals surface area contributed by atoms with Crippen LogP contribution >= 0.6 is 0 Å². The van der Waals surface area contributed by atoms with Crippen LogP contribution in [0.4, 0.5) is 5.69 Å². The zero-order valence-electron chi connectivity index (χ0n) is 15.3. The van der Waals surface area contributed by atoms with Crippen LogP contribution in [-0.4, -0.2) is 45.1 Å². The normalized spacial score (nSPS) is 12.4. The number of benzene rings is 2. The maximum atomic E-state index is 12.9. The molecule has 0 spiro atoms. The lowest BCUT2D eigenvalue weighted by Gasteiger charge is -2.24. The van der Waals surface area contributed by atoms with Crippen LogP contribution in [0.15, 0.2) is 54.6 Å². The Kier molecular flexibility index (Phi) is 6.93. The second-order valence-corrected chi connectivity index (χ2v) is 5.60. The molecule has 7 heteroatoms. The molecule has 0 aromatic heterocycles. The fourth-order valence-corrected chi connectivity index (χ4v) is 2.58. The molecule has 0 fully saturated rings. The molecule has 0 saturated heterocycles. The van der Waals surface area contributed by atoms with Crippen molar-refractivity contribution in [1.29, 1.82) is 0 Å². The van der Waals surface area contributed by atoms with Crippen LogP contribution in [0.25, 0.3) is 0 Å². The van der Waals surface area contributed by atoms with Crippen molar-refractivity contribution in [3.05, 3.63) is 60.2 Å². The number of esters is 2. The molecule has 0 heterocycles. The van der Waals surface area contributed by atoms with Crippen LogP contribution in [0.1, 0.15) is 10.4 Å². The number of rotatable bonds is 8. The fourth-order valence-electron chi connectivity index (χ4n) is 2.58. The lowest BCUT2D eigenvalue weighted by Crippen LogP contribution is -2.46. The average Bonchev–Trinajstić information content (AvgIpc) is 2.73. The smallest absolute Gasteiger partial charge is 0.329 e. The molecule has 1 N–H and O–H groups in total. The molecule has 2 unspecified atom stereocenters. The highest BCUT2D eigenvalue weighted by atomic mass is 16.5. The minimum atomic E-state index is -1.41. The van der Waals surface area contributed by atoms with E-state index in [0.29, 0.717) is 17.0 Å². The molecule has 2 rings (SSSR count). The van der Waals surface area contributed by atoms with Gasteiger partial charge in [0.05, 0.1) is 21.3 Å². The van der Waals surface area contributed by atoms with Crippen molar-refractivity contribution in [3.8, 4) is 5.75 Å². The summed E-state index contributed by atoms with van der Waals surface area (Å²) in [4.78, 5) is 37.7. The topological polar surface area (TPSA) is 90.9 Å². The van der Waals surface area contributed by atoms with Gasteiger partial charge in [-0.3, -0.25) is 9.59 Å². The number of ether oxygens (including phenoxy) is 3. The Morgan fingerprint density at radius 1 is 0.815 bits per heavy atom. The standard InChI is InChI=1S/C20H21NO6/c1-25-15-11-9-14(10-12-15)21-17(20(24)27-3)16(19(23)26-2)18(22)13-7-5-4-6-8-13/h4-12,16-17,21H,1-3H3. The zero-order chi connectivity index (χ0) is 19.8. The van der Waals surface area contributed by atoms with Crippen LogP contribution in [0, 0.1) is 5.92 Å². The largest absolute Gasteiger partial charge is 0.497 e. The SMILES string of the molecule is COC(=O)C(Nc1ccc(OC)cc1)C(C(=O)OC)C(=O)c1ccccc1. The summed E-state index contributed by atoms with van der Waals surface area (Å²) >= 11 is 0. The second kappa shape index (κ2) is 9.38. The molecule has 2 aromatic rings. The third kappa shape index (κ3) is 4.84. The van der Waals surface area contributed by atoms with E-state index in [1.807, 2.05) is 0 Å². The van der Waals surface area contributed by atoms with E-state index < -0.39 is 29.7 Å². The number of methoxy groups -OCH3 is 3. The van der Waals surface area contributed by atoms with E-state index in [4.69, 9.17) is 14.2 Å². The van der Waals surface area contributed by atoms with E-state index in [2.05, 4.69) is 5.32 Å². The van der Waals surface area contributed by atoms with Crippen LogP contribution in [0.5, 0.6) is 5.75 Å². The van der Waals surface area contributed by atoms with Crippen LogP contribution in [0.2, 0.25) is 0 Å². The highest BCUT2D eigenvalue weighted by Gasteiger charge is 2.41. The van der Waals surface area contributed by atoms with Gasteiger partial charge in [-0.25, -0.2) is 4.79 Å². The summed E-state index contributed by atoms with van der Waals surface area (Å²) in [5, 5.41) is 2.90. The van der Waals surface area contributed by atoms with Gasteiger partial charge >= 0.3 is 11.9 Å². The Balaban J connectivity index is 2.39. The van der Waals surface area contributed by atoms with Crippen molar-refractivity contribution < 1.29 is 28.6 Å². The van der Waals surface area contributed by atoms with Crippen LogP contribution in [-0.2, 0) is 19.1 Å². The Labute approximate surface area is 157 Å². The number of carbonyl (C=O) groups excluding carboxylic acids is 3. The molecule has 0 aliphatic heterocycles. The fraction of sp³-hybridized carbons (Fsp3) is 0.250. The Morgan fingerprint density at radius 2 is 1.41 bits per heavy atom. The first kappa shape index (κ1) is 20.0. The minimum Gasteiger partial charge on any atom is -0.497 e. The van der Waals surface area contributed by atoms with Gasteiger partial charge in [0.15, 0.2) is 11.7 Å². The lowest BCUT2D eigenvalue weighted by atomic mass is 9.90. The van der Waals surface area contributed by atoms with E-state index in [9.17, 15) is 14.4 Å². The average molecular weight is 371 g/mol. The van der Waals surface area contributed by atoms with Gasteiger partial charge in [-0.1, -0.05) is 30.3 Å². The number of Topliss-reactive ketones (excluding diaryl/α,β-unsaturated/α-hetero) is 1. The highest BCUT2D eigenvalue weighted by molar-refractivity contribution is 6.12. The minimum absolute atomic E-state index is 0.290. The van der Waals surface area contributed by atoms with Gasteiger partial charge < -0.3 is 19.5 Å². The molecule has 142 valence electrons. The van der Waals surface area contributed by atoms with Crippen LogP contribution in [0.3, 0.4) is 0 Å². The number of hydrogen-bond acceptors (Lipinski definition) is 7. The van der Waals surface area contributed by atoms with Gasteiger partial charge in [-0.05, 0) is 24.3 Å². The van der Waals surface area contributed by atoms with E-state index >= 15 is 0 Å². The predicted octanol–water partition coefficient (Wildman–Crippen LogP) is 2.32. The lowest BCUT2D eigenvalue weighted by molar-refractivity contribution is -0.151. The molecule has 0 aliphatic rings. The third-order valence-corrected chi connectivity index (χ3v) is 4.00. The first-order valence-corrected chi connectivity index (χ1v) is 8.17. The first-order chi connectivity index (χ1) is 13.0. The zero-order valence-corrected chi connectivity index (χ0v) is 15.3. The molecule has 7 nitrogen and oxygen atoms in total. The Hall–Kier alpha value is -3.35. The predicted molar refractivity (Wildman–Crippen MR) is 98.7 cm³/mol. The van der Waals surface area contributed by atoms with Crippen molar-refractivity contribution >= 4 is 23.4 Å². The molecule has 27 heavy (non-hydrogen) atoms. The Bertz CT molecular complexity index is 788. The molecule has 0 radical (unpaired) electrons. The summed E-state index contributed by atoms with van der Waals surface area (Å²) < 4.78 is 14.7. The number of anilines is 1. The summed E-state index contributed by atoms with van der Waals surface area (Å²) in [6.45, 7) is 0. The van der Waals surface area contributed by atoms with Gasteiger partial charge in [-0.2, -0.15) is 0 Å². The summed E-state index contributed by atoms with van der Waals surface area (Å²) in [5.41, 5.74) is 0.805. The number of carbonyl (C=O) groups is 3. The van der Waals surface area contributed by atoms with E-state index in [-0.39, 0.29) is 0 Å². The van der Waals surface area contributed by atoms with E-state index in [1.165, 1.54) is 14.2 Å². The van der Waals surface area contributed by atoms with Crippen molar-refractivity contribution in [2.45, 2.75) is 6.04 Å². The molecule has 2 atom stereocenters. The van der Waals surface area contributed by atoms with Crippen molar-refractivity contribution in [3.63, 3.8) is 0 Å². The van der Waals surface area contributed by atoms with Gasteiger partial charge in [0.1, 0.15) is 11.8 Å². The summed E-state index contributed by atoms with van der Waals surface area (Å²) in [5.74, 6) is -2.92. The molecule has 0 bridgehead atoms. The van der Waals surface area contributed by atoms with E-state index in [0.717, 1.165) is 7.11 Å². The van der Waals surface area contributed by atoms with Gasteiger partial charge in [0.25, 0.3) is 0 Å². The quantitative estimate of drug-likeness (QED) is 0.433. The van der Waals surface area contributed by atoms with Gasteiger partial charge in [0, 0.05) is 11.3 Å². The number of ketones is 1. The maximum absolute atomic E-state index is 12.9. The van der Waals surface area contributed by atoms with Crippen molar-refractivity contribution in [1.82, 2.24) is 0 Å². The first-order valence-electron chi connectivity index (χ1n) is 8.17. The maximum Gasteiger partial charge on any atom is 0.329 e. The second-order valence-electron chi connectivity index (χ2n) is 5.60. The van der Waals surface area contributed by atoms with Crippen molar-refractivity contribution in [2.75, 3.05) is 26.6 Å². The monoisotopic (exact) mass is 371 g/mol. The number of hydrogen-bond donors (Lipinski definition) is 1. The molecular weight excluding hydrogens is 350 g/mol. The van der Waals surface area contributed by atoms with Crippen molar-refractivity contribution in [2.24, 2.45) is 5.92 Å². The highest BCUT2D eigenvalue weighted by Crippen LogP contribution is 2.22. The van der Waals surface area contributed by atoms with Gasteiger partial charge in [-0.15, -0.1) is 0 Å². The number of nitrogens with one attached hydrogen (secondary N) is 1. The summed E-state index contributed by atoms with van der Waals surface area (Å²) in [7, 11) is 3.88. The Morgan fingerprint density at radius 3 is 1.93 bits per heavy atom. The molecule has 2 aromatic carbocycles. The van der Waals surface area contributed by atoms with E-state index in [1.54, 1.807) is 54.6 Å². The summed E-state index contributed by atoms with van der Waals surface area (Å²) in [6, 6.07) is 13.7. The van der Waals surface area contributed by atoms with Gasteiger partial charge in [0.2, 0.25) is 0 Å². The summed E-state index contributed by atoms with van der Waals surface area (Å²) in [6.07, 6.45) is 0. The molecule has 0 saturated carbocycles. The third-order valence-electron chi connectivity index (χ3n) is 4.00. The molecular formula is C20H21NO6.